The van der Waals surface area contributed by atoms with Gasteiger partial charge in [-0.2, -0.15) is 5.10 Å². The van der Waals surface area contributed by atoms with Crippen LogP contribution in [0.2, 0.25) is 0 Å². The average molecular weight is 403 g/mol. The summed E-state index contributed by atoms with van der Waals surface area (Å²) in [6.45, 7) is 1.53. The molecule has 0 bridgehead atoms. The monoisotopic (exact) mass is 403 g/mol. The van der Waals surface area contributed by atoms with Gasteiger partial charge >= 0.3 is 0 Å². The molecule has 1 amide bonds. The van der Waals surface area contributed by atoms with E-state index in [1.165, 1.54) is 0 Å². The smallest absolute Gasteiger partial charge is 0.246 e. The number of carbonyl (C=O) groups is 1. The van der Waals surface area contributed by atoms with E-state index in [2.05, 4.69) is 10.2 Å². The summed E-state index contributed by atoms with van der Waals surface area (Å²) in [6.07, 6.45) is 6.68. The van der Waals surface area contributed by atoms with Crippen LogP contribution >= 0.6 is 0 Å². The van der Waals surface area contributed by atoms with E-state index >= 15 is 0 Å². The SMILES string of the molecule is O=C(/C=C/c1ccc2c(c1)OCO2)N1CCC(Oc2nncc3ccccc23)CC1. The van der Waals surface area contributed by atoms with E-state index < -0.39 is 0 Å². The fourth-order valence-corrected chi connectivity index (χ4v) is 3.73. The van der Waals surface area contributed by atoms with E-state index in [4.69, 9.17) is 14.2 Å². The first kappa shape index (κ1) is 18.4. The average Bonchev–Trinajstić information content (AvgIpc) is 3.26. The Hall–Kier alpha value is -3.61. The molecule has 2 aromatic carbocycles. The largest absolute Gasteiger partial charge is 0.473 e. The zero-order chi connectivity index (χ0) is 20.3. The molecular weight excluding hydrogens is 382 g/mol. The third-order valence-electron chi connectivity index (χ3n) is 5.38. The highest BCUT2D eigenvalue weighted by molar-refractivity contribution is 5.92. The van der Waals surface area contributed by atoms with Crippen LogP contribution in [0, 0.1) is 0 Å². The Balaban J connectivity index is 1.18. The minimum absolute atomic E-state index is 0.00364. The van der Waals surface area contributed by atoms with Crippen LogP contribution in [0.15, 0.2) is 54.7 Å². The lowest BCUT2D eigenvalue weighted by Crippen LogP contribution is -2.41. The predicted molar refractivity (Wildman–Crippen MR) is 111 cm³/mol. The molecule has 7 nitrogen and oxygen atoms in total. The second-order valence-electron chi connectivity index (χ2n) is 7.33. The molecule has 3 heterocycles. The minimum atomic E-state index is -0.00364. The highest BCUT2D eigenvalue weighted by Crippen LogP contribution is 2.32. The summed E-state index contributed by atoms with van der Waals surface area (Å²) >= 11 is 0. The van der Waals surface area contributed by atoms with Gasteiger partial charge in [-0.1, -0.05) is 24.3 Å². The first-order valence-corrected chi connectivity index (χ1v) is 10.00. The number of hydrogen-bond donors (Lipinski definition) is 0. The minimum Gasteiger partial charge on any atom is -0.473 e. The zero-order valence-corrected chi connectivity index (χ0v) is 16.4. The maximum absolute atomic E-state index is 12.6. The standard InChI is InChI=1S/C23H21N3O4/c27-22(8-6-16-5-7-20-21(13-16)29-15-28-20)26-11-9-18(10-12-26)30-23-19-4-2-1-3-17(19)14-24-25-23/h1-8,13-14,18H,9-12,15H2/b8-6+. The van der Waals surface area contributed by atoms with Crippen LogP contribution in [0.5, 0.6) is 17.4 Å². The number of amides is 1. The summed E-state index contributed by atoms with van der Waals surface area (Å²) in [6, 6.07) is 13.5. The second-order valence-corrected chi connectivity index (χ2v) is 7.33. The number of likely N-dealkylation sites (tertiary alicyclic amines) is 1. The number of fused-ring (bicyclic) bond motifs is 2. The van der Waals surface area contributed by atoms with E-state index in [9.17, 15) is 4.79 Å². The number of rotatable bonds is 4. The molecule has 0 aliphatic carbocycles. The fraction of sp³-hybridized carbons (Fsp3) is 0.261. The van der Waals surface area contributed by atoms with Gasteiger partial charge in [0.25, 0.3) is 0 Å². The summed E-state index contributed by atoms with van der Waals surface area (Å²) in [7, 11) is 0. The van der Waals surface area contributed by atoms with Crippen molar-refractivity contribution in [1.82, 2.24) is 15.1 Å². The molecule has 0 unspecified atom stereocenters. The molecule has 3 aromatic rings. The summed E-state index contributed by atoms with van der Waals surface area (Å²) in [5, 5.41) is 10.2. The highest BCUT2D eigenvalue weighted by Gasteiger charge is 2.24. The molecule has 1 aromatic heterocycles. The van der Waals surface area contributed by atoms with E-state index in [1.807, 2.05) is 47.4 Å². The lowest BCUT2D eigenvalue weighted by molar-refractivity contribution is -0.127. The number of carbonyl (C=O) groups excluding carboxylic acids is 1. The van der Waals surface area contributed by atoms with E-state index in [0.717, 1.165) is 34.9 Å². The summed E-state index contributed by atoms with van der Waals surface area (Å²) in [4.78, 5) is 14.4. The summed E-state index contributed by atoms with van der Waals surface area (Å²) < 4.78 is 16.8. The Labute approximate surface area is 173 Å². The van der Waals surface area contributed by atoms with Crippen molar-refractivity contribution in [3.63, 3.8) is 0 Å². The number of aromatic nitrogens is 2. The van der Waals surface area contributed by atoms with Crippen molar-refractivity contribution < 1.29 is 19.0 Å². The lowest BCUT2D eigenvalue weighted by atomic mass is 10.1. The Morgan fingerprint density at radius 2 is 1.93 bits per heavy atom. The van der Waals surface area contributed by atoms with Gasteiger partial charge in [0.15, 0.2) is 11.5 Å². The maximum atomic E-state index is 12.6. The molecule has 2 aliphatic rings. The van der Waals surface area contributed by atoms with Crippen molar-refractivity contribution in [2.24, 2.45) is 0 Å². The Morgan fingerprint density at radius 1 is 1.10 bits per heavy atom. The number of benzene rings is 2. The molecule has 30 heavy (non-hydrogen) atoms. The topological polar surface area (TPSA) is 73.8 Å². The van der Waals surface area contributed by atoms with Crippen LogP contribution in [0.4, 0.5) is 0 Å². The van der Waals surface area contributed by atoms with Crippen molar-refractivity contribution in [1.29, 1.82) is 0 Å². The van der Waals surface area contributed by atoms with Crippen LogP contribution in [0.1, 0.15) is 18.4 Å². The van der Waals surface area contributed by atoms with Crippen LogP contribution in [-0.4, -0.2) is 47.0 Å². The summed E-state index contributed by atoms with van der Waals surface area (Å²) in [5.41, 5.74) is 0.903. The Bertz CT molecular complexity index is 1100. The lowest BCUT2D eigenvalue weighted by Gasteiger charge is -2.31. The van der Waals surface area contributed by atoms with Crippen molar-refractivity contribution in [3.05, 3.63) is 60.3 Å². The molecule has 0 saturated carbocycles. The van der Waals surface area contributed by atoms with Crippen molar-refractivity contribution >= 4 is 22.8 Å². The maximum Gasteiger partial charge on any atom is 0.246 e. The molecule has 0 radical (unpaired) electrons. The molecule has 2 aliphatic heterocycles. The highest BCUT2D eigenvalue weighted by atomic mass is 16.7. The van der Waals surface area contributed by atoms with Gasteiger partial charge in [0.2, 0.25) is 18.6 Å². The first-order chi connectivity index (χ1) is 14.8. The second kappa shape index (κ2) is 8.02. The zero-order valence-electron chi connectivity index (χ0n) is 16.4. The quantitative estimate of drug-likeness (QED) is 0.622. The van der Waals surface area contributed by atoms with Crippen LogP contribution in [0.3, 0.4) is 0 Å². The van der Waals surface area contributed by atoms with Gasteiger partial charge in [0.05, 0.1) is 6.20 Å². The Morgan fingerprint density at radius 3 is 2.83 bits per heavy atom. The van der Waals surface area contributed by atoms with Gasteiger partial charge in [-0.05, 0) is 29.8 Å². The van der Waals surface area contributed by atoms with E-state index in [1.54, 1.807) is 18.3 Å². The summed E-state index contributed by atoms with van der Waals surface area (Å²) in [5.74, 6) is 1.99. The molecule has 1 saturated heterocycles. The predicted octanol–water partition coefficient (Wildman–Crippen LogP) is 3.44. The Kier molecular flexibility index (Phi) is 4.93. The van der Waals surface area contributed by atoms with E-state index in [0.29, 0.717) is 24.7 Å². The van der Waals surface area contributed by atoms with Gasteiger partial charge in [-0.25, -0.2) is 0 Å². The number of nitrogens with zero attached hydrogens (tertiary/aromatic N) is 3. The molecule has 7 heteroatoms. The number of hydrogen-bond acceptors (Lipinski definition) is 6. The van der Waals surface area contributed by atoms with Crippen molar-refractivity contribution in [2.75, 3.05) is 19.9 Å². The molecule has 0 N–H and O–H groups in total. The third kappa shape index (κ3) is 3.78. The molecule has 0 atom stereocenters. The van der Waals surface area contributed by atoms with Crippen molar-refractivity contribution in [2.45, 2.75) is 18.9 Å². The number of piperidine rings is 1. The van der Waals surface area contributed by atoms with Gasteiger partial charge in [-0.15, -0.1) is 5.10 Å². The van der Waals surface area contributed by atoms with Crippen LogP contribution < -0.4 is 14.2 Å². The third-order valence-corrected chi connectivity index (χ3v) is 5.38. The van der Waals surface area contributed by atoms with Gasteiger partial charge in [0.1, 0.15) is 6.10 Å². The molecular formula is C23H21N3O4. The first-order valence-electron chi connectivity index (χ1n) is 10.00. The molecule has 5 rings (SSSR count). The molecule has 0 spiro atoms. The molecule has 1 fully saturated rings. The van der Waals surface area contributed by atoms with Crippen LogP contribution in [-0.2, 0) is 4.79 Å². The van der Waals surface area contributed by atoms with Crippen molar-refractivity contribution in [3.8, 4) is 17.4 Å². The normalized spacial score (nSPS) is 16.3. The fourth-order valence-electron chi connectivity index (χ4n) is 3.73. The van der Waals surface area contributed by atoms with Gasteiger partial charge in [-0.3, -0.25) is 4.79 Å². The van der Waals surface area contributed by atoms with Gasteiger partial charge in [0, 0.05) is 42.8 Å². The molecule has 152 valence electrons. The van der Waals surface area contributed by atoms with Crippen LogP contribution in [0.25, 0.3) is 16.8 Å². The van der Waals surface area contributed by atoms with E-state index in [-0.39, 0.29) is 18.8 Å². The van der Waals surface area contributed by atoms with Gasteiger partial charge < -0.3 is 19.1 Å². The number of ether oxygens (including phenoxy) is 3.